The summed E-state index contributed by atoms with van der Waals surface area (Å²) in [5.41, 5.74) is 8.47. The smallest absolute Gasteiger partial charge is 0.0178 e. The molecule has 2 heteroatoms. The molecule has 78 valence electrons. The Kier molecular flexibility index (Phi) is 4.02. The second-order valence-electron chi connectivity index (χ2n) is 4.22. The van der Waals surface area contributed by atoms with Crippen LogP contribution in [0.2, 0.25) is 0 Å². The molecule has 0 amide bonds. The summed E-state index contributed by atoms with van der Waals surface area (Å²) >= 11 is 1.89. The number of nitrogens with two attached hydrogens (primary N) is 1. The molecule has 0 radical (unpaired) electrons. The second-order valence-corrected chi connectivity index (χ2v) is 5.09. The highest BCUT2D eigenvalue weighted by molar-refractivity contribution is 7.98. The van der Waals surface area contributed by atoms with E-state index in [-0.39, 0.29) is 5.41 Å². The van der Waals surface area contributed by atoms with Crippen molar-refractivity contribution in [2.75, 3.05) is 12.0 Å². The third kappa shape index (κ3) is 2.76. The van der Waals surface area contributed by atoms with Crippen molar-refractivity contribution in [1.29, 1.82) is 0 Å². The molecule has 0 saturated carbocycles. The molecule has 1 nitrogen and oxygen atoms in total. The van der Waals surface area contributed by atoms with Crippen molar-refractivity contribution in [3.63, 3.8) is 0 Å². The van der Waals surface area contributed by atoms with E-state index in [1.165, 1.54) is 11.1 Å². The van der Waals surface area contributed by atoms with Crippen molar-refractivity contribution in [3.05, 3.63) is 35.4 Å². The lowest BCUT2D eigenvalue weighted by atomic mass is 9.86. The number of thioether (sulfide) groups is 1. The van der Waals surface area contributed by atoms with Gasteiger partial charge in [-0.3, -0.25) is 0 Å². The summed E-state index contributed by atoms with van der Waals surface area (Å²) < 4.78 is 0. The first-order valence-electron chi connectivity index (χ1n) is 4.88. The molecule has 0 aliphatic carbocycles. The van der Waals surface area contributed by atoms with E-state index >= 15 is 0 Å². The van der Waals surface area contributed by atoms with Gasteiger partial charge >= 0.3 is 0 Å². The van der Waals surface area contributed by atoms with Crippen LogP contribution in [0.15, 0.2) is 24.3 Å². The number of hydrogen-bond donors (Lipinski definition) is 1. The first-order chi connectivity index (χ1) is 6.60. The molecular weight excluding hydrogens is 190 g/mol. The molecule has 0 saturated heterocycles. The molecule has 0 atom stereocenters. The van der Waals surface area contributed by atoms with E-state index in [1.807, 2.05) is 11.8 Å². The van der Waals surface area contributed by atoms with E-state index in [9.17, 15) is 0 Å². The molecule has 0 heterocycles. The Balaban J connectivity index is 2.93. The Morgan fingerprint density at radius 3 is 2.64 bits per heavy atom. The van der Waals surface area contributed by atoms with Crippen LogP contribution in [0.4, 0.5) is 0 Å². The summed E-state index contributed by atoms with van der Waals surface area (Å²) in [6.07, 6.45) is 2.15. The van der Waals surface area contributed by atoms with Gasteiger partial charge in [0.2, 0.25) is 0 Å². The van der Waals surface area contributed by atoms with E-state index in [1.54, 1.807) is 0 Å². The van der Waals surface area contributed by atoms with Gasteiger partial charge < -0.3 is 5.73 Å². The van der Waals surface area contributed by atoms with Crippen molar-refractivity contribution in [2.45, 2.75) is 25.8 Å². The highest BCUT2D eigenvalue weighted by Crippen LogP contribution is 2.27. The van der Waals surface area contributed by atoms with Crippen LogP contribution < -0.4 is 5.73 Å². The van der Waals surface area contributed by atoms with Crippen molar-refractivity contribution in [2.24, 2.45) is 5.73 Å². The highest BCUT2D eigenvalue weighted by atomic mass is 32.2. The van der Waals surface area contributed by atoms with Crippen LogP contribution in [0.5, 0.6) is 0 Å². The monoisotopic (exact) mass is 209 g/mol. The topological polar surface area (TPSA) is 26.0 Å². The zero-order valence-electron chi connectivity index (χ0n) is 9.21. The molecule has 0 aliphatic heterocycles. The zero-order valence-corrected chi connectivity index (χ0v) is 10.0. The van der Waals surface area contributed by atoms with E-state index in [2.05, 4.69) is 44.4 Å². The molecule has 0 fully saturated rings. The lowest BCUT2D eigenvalue weighted by Gasteiger charge is -2.24. The maximum absolute atomic E-state index is 5.63. The highest BCUT2D eigenvalue weighted by Gasteiger charge is 2.19. The van der Waals surface area contributed by atoms with Gasteiger partial charge in [0.1, 0.15) is 0 Å². The summed E-state index contributed by atoms with van der Waals surface area (Å²) in [4.78, 5) is 0. The number of benzene rings is 1. The first kappa shape index (κ1) is 11.6. The minimum atomic E-state index is 0.241. The Bertz CT molecular complexity index is 294. The lowest BCUT2D eigenvalue weighted by molar-refractivity contribution is 0.601. The Morgan fingerprint density at radius 2 is 2.07 bits per heavy atom. The molecule has 0 aliphatic rings. The fourth-order valence-electron chi connectivity index (χ4n) is 1.56. The molecule has 1 rings (SSSR count). The van der Waals surface area contributed by atoms with Crippen molar-refractivity contribution in [3.8, 4) is 0 Å². The van der Waals surface area contributed by atoms with Gasteiger partial charge in [0.05, 0.1) is 0 Å². The quantitative estimate of drug-likeness (QED) is 0.825. The van der Waals surface area contributed by atoms with Crippen molar-refractivity contribution >= 4 is 11.8 Å². The minimum absolute atomic E-state index is 0.241. The predicted octanol–water partition coefficient (Wildman–Crippen LogP) is 2.79. The van der Waals surface area contributed by atoms with E-state index in [4.69, 9.17) is 5.73 Å². The SMILES string of the molecule is CSCC(C)(C)c1cccc(CN)c1. The van der Waals surface area contributed by atoms with Gasteiger partial charge in [-0.15, -0.1) is 0 Å². The summed E-state index contributed by atoms with van der Waals surface area (Å²) in [5, 5.41) is 0. The third-order valence-electron chi connectivity index (χ3n) is 2.45. The van der Waals surface area contributed by atoms with E-state index < -0.39 is 0 Å². The number of hydrogen-bond acceptors (Lipinski definition) is 2. The number of rotatable bonds is 4. The maximum Gasteiger partial charge on any atom is 0.0178 e. The van der Waals surface area contributed by atoms with Gasteiger partial charge in [0.15, 0.2) is 0 Å². The third-order valence-corrected chi connectivity index (χ3v) is 3.46. The Morgan fingerprint density at radius 1 is 1.36 bits per heavy atom. The Hall–Kier alpha value is -0.470. The summed E-state index contributed by atoms with van der Waals surface area (Å²) in [6, 6.07) is 8.59. The molecule has 1 aromatic rings. The van der Waals surface area contributed by atoms with Crippen LogP contribution in [0, 0.1) is 0 Å². The largest absolute Gasteiger partial charge is 0.326 e. The standard InChI is InChI=1S/C12H19NS/c1-12(2,9-14-3)11-6-4-5-10(7-11)8-13/h4-7H,8-9,13H2,1-3H3. The molecular formula is C12H19NS. The molecule has 0 unspecified atom stereocenters. The fraction of sp³-hybridized carbons (Fsp3) is 0.500. The minimum Gasteiger partial charge on any atom is -0.326 e. The summed E-state index contributed by atoms with van der Waals surface area (Å²) in [6.45, 7) is 5.18. The summed E-state index contributed by atoms with van der Waals surface area (Å²) in [7, 11) is 0. The van der Waals surface area contributed by atoms with Crippen LogP contribution in [0.1, 0.15) is 25.0 Å². The predicted molar refractivity (Wildman–Crippen MR) is 65.7 cm³/mol. The molecule has 2 N–H and O–H groups in total. The average Bonchev–Trinajstić information content (AvgIpc) is 2.18. The van der Waals surface area contributed by atoms with Crippen LogP contribution >= 0.6 is 11.8 Å². The van der Waals surface area contributed by atoms with Gasteiger partial charge in [-0.2, -0.15) is 11.8 Å². The maximum atomic E-state index is 5.63. The van der Waals surface area contributed by atoms with Crippen molar-refractivity contribution in [1.82, 2.24) is 0 Å². The van der Waals surface area contributed by atoms with Gasteiger partial charge in [0, 0.05) is 12.3 Å². The van der Waals surface area contributed by atoms with Gasteiger partial charge in [-0.25, -0.2) is 0 Å². The van der Waals surface area contributed by atoms with Gasteiger partial charge in [-0.1, -0.05) is 38.1 Å². The fourth-order valence-corrected chi connectivity index (χ4v) is 2.45. The van der Waals surface area contributed by atoms with Gasteiger partial charge in [-0.05, 0) is 22.8 Å². The molecule has 14 heavy (non-hydrogen) atoms. The Labute approximate surface area is 91.1 Å². The average molecular weight is 209 g/mol. The van der Waals surface area contributed by atoms with Crippen LogP contribution in [0.3, 0.4) is 0 Å². The first-order valence-corrected chi connectivity index (χ1v) is 6.28. The molecule has 0 spiro atoms. The molecule has 0 bridgehead atoms. The van der Waals surface area contributed by atoms with E-state index in [0.29, 0.717) is 6.54 Å². The molecule has 1 aromatic carbocycles. The lowest BCUT2D eigenvalue weighted by Crippen LogP contribution is -2.20. The van der Waals surface area contributed by atoms with Crippen LogP contribution in [0.25, 0.3) is 0 Å². The normalized spacial score (nSPS) is 11.7. The van der Waals surface area contributed by atoms with Crippen LogP contribution in [-0.2, 0) is 12.0 Å². The second kappa shape index (κ2) is 4.85. The summed E-state index contributed by atoms with van der Waals surface area (Å²) in [5.74, 6) is 1.14. The van der Waals surface area contributed by atoms with E-state index in [0.717, 1.165) is 5.75 Å². The van der Waals surface area contributed by atoms with Crippen LogP contribution in [-0.4, -0.2) is 12.0 Å². The van der Waals surface area contributed by atoms with Crippen molar-refractivity contribution < 1.29 is 0 Å². The molecule has 0 aromatic heterocycles. The zero-order chi connectivity index (χ0) is 10.6. The van der Waals surface area contributed by atoms with Gasteiger partial charge in [0.25, 0.3) is 0 Å².